The van der Waals surface area contributed by atoms with Gasteiger partial charge in [-0.05, 0) is 18.2 Å². The molecule has 0 bridgehead atoms. The summed E-state index contributed by atoms with van der Waals surface area (Å²) in [5.74, 6) is -0.700. The maximum absolute atomic E-state index is 10.3. The summed E-state index contributed by atoms with van der Waals surface area (Å²) < 4.78 is 5.10. The molecule has 0 aliphatic carbocycles. The van der Waals surface area contributed by atoms with Crippen LogP contribution in [0.25, 0.3) is 0 Å². The van der Waals surface area contributed by atoms with Crippen LogP contribution in [-0.4, -0.2) is 25.7 Å². The number of likely N-dealkylation sites (tertiary alicyclic amines) is 1. The van der Waals surface area contributed by atoms with Crippen LogP contribution in [0.5, 0.6) is 5.75 Å². The standard InChI is InChI=1S/C13H16ClNO3/c14-12-4-3-11(18-9-13(16)17)7-10(12)8-15-5-1-2-6-15/h3-4,7H,1-2,5-6,8-9H2,(H,16,17). The highest BCUT2D eigenvalue weighted by atomic mass is 35.5. The van der Waals surface area contributed by atoms with E-state index in [4.69, 9.17) is 16.3 Å². The zero-order chi connectivity index (χ0) is 13.0. The van der Waals surface area contributed by atoms with E-state index in [-0.39, 0.29) is 0 Å². The predicted molar refractivity (Wildman–Crippen MR) is 65.6 cm³/mol. The van der Waals surface area contributed by atoms with Gasteiger partial charge in [-0.1, -0.05) is 11.6 Å². The first-order chi connectivity index (χ1) is 8.65. The number of rotatable bonds is 5. The number of carboxylic acid groups (broad SMARTS) is 1. The minimum absolute atomic E-state index is 0.433. The van der Waals surface area contributed by atoms with Crippen molar-refractivity contribution in [2.45, 2.75) is 19.4 Å². The Balaban J connectivity index is 2.03. The Kier molecular flexibility index (Phi) is 4.44. The van der Waals surface area contributed by atoms with Gasteiger partial charge in [0.05, 0.1) is 19.1 Å². The molecular formula is C13H16ClNO3. The zero-order valence-corrected chi connectivity index (χ0v) is 10.8. The number of hydrogen-bond acceptors (Lipinski definition) is 3. The van der Waals surface area contributed by atoms with Crippen LogP contribution in [0.15, 0.2) is 18.2 Å². The summed E-state index contributed by atoms with van der Waals surface area (Å²) in [5.41, 5.74) is 1.00. The van der Waals surface area contributed by atoms with Crippen molar-refractivity contribution < 1.29 is 19.5 Å². The molecule has 0 aromatic heterocycles. The molecule has 1 saturated heterocycles. The van der Waals surface area contributed by atoms with Gasteiger partial charge in [-0.25, -0.2) is 0 Å². The van der Waals surface area contributed by atoms with E-state index in [9.17, 15) is 9.90 Å². The molecule has 1 heterocycles. The summed E-state index contributed by atoms with van der Waals surface area (Å²) in [6.45, 7) is 2.76. The largest absolute Gasteiger partial charge is 0.546 e. The van der Waals surface area contributed by atoms with Crippen LogP contribution in [0, 0.1) is 0 Å². The fourth-order valence-electron chi connectivity index (χ4n) is 2.24. The molecule has 0 radical (unpaired) electrons. The molecule has 0 amide bonds. The summed E-state index contributed by atoms with van der Waals surface area (Å²) >= 11 is 6.14. The number of carbonyl (C=O) groups is 1. The van der Waals surface area contributed by atoms with E-state index < -0.39 is 12.6 Å². The molecule has 0 saturated carbocycles. The van der Waals surface area contributed by atoms with Crippen molar-refractivity contribution in [3.8, 4) is 5.75 Å². The number of hydrogen-bond donors (Lipinski definition) is 1. The van der Waals surface area contributed by atoms with Crippen molar-refractivity contribution in [1.82, 2.24) is 0 Å². The Morgan fingerprint density at radius 3 is 2.78 bits per heavy atom. The Morgan fingerprint density at radius 2 is 2.11 bits per heavy atom. The topological polar surface area (TPSA) is 53.8 Å². The number of halogens is 1. The SMILES string of the molecule is O=C([O-])COc1ccc(Cl)c(C[NH+]2CCCC2)c1. The monoisotopic (exact) mass is 269 g/mol. The Bertz CT molecular complexity index is 430. The van der Waals surface area contributed by atoms with Gasteiger partial charge < -0.3 is 19.5 Å². The van der Waals surface area contributed by atoms with Crippen molar-refractivity contribution in [2.24, 2.45) is 0 Å². The van der Waals surface area contributed by atoms with Crippen molar-refractivity contribution in [1.29, 1.82) is 0 Å². The number of quaternary nitrogens is 1. The average Bonchev–Trinajstić information content (AvgIpc) is 2.83. The highest BCUT2D eigenvalue weighted by Gasteiger charge is 2.17. The lowest BCUT2D eigenvalue weighted by molar-refractivity contribution is -0.901. The third kappa shape index (κ3) is 3.62. The van der Waals surface area contributed by atoms with Crippen molar-refractivity contribution >= 4 is 17.6 Å². The second-order valence-corrected chi connectivity index (χ2v) is 4.95. The van der Waals surface area contributed by atoms with Gasteiger partial charge in [-0.2, -0.15) is 0 Å². The molecule has 1 aliphatic rings. The average molecular weight is 270 g/mol. The molecule has 0 spiro atoms. The quantitative estimate of drug-likeness (QED) is 0.795. The van der Waals surface area contributed by atoms with Gasteiger partial charge in [0.15, 0.2) is 0 Å². The molecule has 5 heteroatoms. The lowest BCUT2D eigenvalue weighted by Gasteiger charge is -2.14. The Morgan fingerprint density at radius 1 is 1.39 bits per heavy atom. The van der Waals surface area contributed by atoms with E-state index >= 15 is 0 Å². The van der Waals surface area contributed by atoms with E-state index in [1.807, 2.05) is 6.07 Å². The summed E-state index contributed by atoms with van der Waals surface area (Å²) in [6.07, 6.45) is 2.52. The molecule has 1 aromatic rings. The third-order valence-corrected chi connectivity index (χ3v) is 3.49. The predicted octanol–water partition coefficient (Wildman–Crippen LogP) is -0.353. The third-order valence-electron chi connectivity index (χ3n) is 3.12. The first-order valence-electron chi connectivity index (χ1n) is 6.10. The number of nitrogens with one attached hydrogen (secondary N) is 1. The molecule has 2 rings (SSSR count). The number of ether oxygens (including phenoxy) is 1. The molecule has 4 nitrogen and oxygen atoms in total. The van der Waals surface area contributed by atoms with Gasteiger partial charge in [-0.3, -0.25) is 0 Å². The van der Waals surface area contributed by atoms with Crippen molar-refractivity contribution in [3.63, 3.8) is 0 Å². The number of carbonyl (C=O) groups excluding carboxylic acids is 1. The van der Waals surface area contributed by atoms with Gasteiger partial charge in [0, 0.05) is 23.4 Å². The van der Waals surface area contributed by atoms with E-state index in [1.54, 1.807) is 12.1 Å². The molecule has 98 valence electrons. The van der Waals surface area contributed by atoms with Crippen LogP contribution < -0.4 is 14.7 Å². The van der Waals surface area contributed by atoms with Crippen LogP contribution in [0.3, 0.4) is 0 Å². The Hall–Kier alpha value is -1.26. The number of aliphatic carboxylic acids is 1. The van der Waals surface area contributed by atoms with Crippen LogP contribution in [0.2, 0.25) is 5.02 Å². The lowest BCUT2D eigenvalue weighted by atomic mass is 10.2. The molecule has 1 fully saturated rings. The summed E-state index contributed by atoms with van der Waals surface area (Å²) in [4.78, 5) is 11.8. The van der Waals surface area contributed by atoms with Crippen LogP contribution in [-0.2, 0) is 11.3 Å². The zero-order valence-electron chi connectivity index (χ0n) is 10.1. The maximum atomic E-state index is 10.3. The molecule has 1 N–H and O–H groups in total. The van der Waals surface area contributed by atoms with Gasteiger partial charge in [-0.15, -0.1) is 0 Å². The fourth-order valence-corrected chi connectivity index (χ4v) is 2.42. The summed E-state index contributed by atoms with van der Waals surface area (Å²) in [5, 5.41) is 11.0. The normalized spacial score (nSPS) is 15.8. The van der Waals surface area contributed by atoms with Gasteiger partial charge in [0.25, 0.3) is 0 Å². The Labute approximate surface area is 111 Å². The minimum Gasteiger partial charge on any atom is -0.546 e. The molecule has 0 unspecified atom stereocenters. The summed E-state index contributed by atoms with van der Waals surface area (Å²) in [6, 6.07) is 5.24. The van der Waals surface area contributed by atoms with E-state index in [0.717, 1.165) is 12.1 Å². The molecular weight excluding hydrogens is 254 g/mol. The van der Waals surface area contributed by atoms with Crippen LogP contribution in [0.4, 0.5) is 0 Å². The second-order valence-electron chi connectivity index (χ2n) is 4.55. The first-order valence-corrected chi connectivity index (χ1v) is 6.47. The number of benzene rings is 1. The molecule has 18 heavy (non-hydrogen) atoms. The van der Waals surface area contributed by atoms with Gasteiger partial charge in [0.1, 0.15) is 18.9 Å². The van der Waals surface area contributed by atoms with Crippen molar-refractivity contribution in [3.05, 3.63) is 28.8 Å². The summed E-state index contributed by atoms with van der Waals surface area (Å²) in [7, 11) is 0. The first kappa shape index (κ1) is 13.2. The van der Waals surface area contributed by atoms with E-state index in [0.29, 0.717) is 10.8 Å². The van der Waals surface area contributed by atoms with E-state index in [1.165, 1.54) is 30.8 Å². The maximum Gasteiger partial charge on any atom is 0.128 e. The van der Waals surface area contributed by atoms with Crippen LogP contribution >= 0.6 is 11.6 Å². The van der Waals surface area contributed by atoms with E-state index in [2.05, 4.69) is 0 Å². The highest BCUT2D eigenvalue weighted by molar-refractivity contribution is 6.31. The second kappa shape index (κ2) is 6.07. The smallest absolute Gasteiger partial charge is 0.128 e. The molecule has 1 aromatic carbocycles. The minimum atomic E-state index is -1.23. The highest BCUT2D eigenvalue weighted by Crippen LogP contribution is 2.21. The molecule has 0 atom stereocenters. The fraction of sp³-hybridized carbons (Fsp3) is 0.462. The lowest BCUT2D eigenvalue weighted by Crippen LogP contribution is -3.08. The number of carboxylic acids is 1. The molecule has 1 aliphatic heterocycles. The van der Waals surface area contributed by atoms with Gasteiger partial charge >= 0.3 is 0 Å². The van der Waals surface area contributed by atoms with Gasteiger partial charge in [0.2, 0.25) is 0 Å². The van der Waals surface area contributed by atoms with Crippen molar-refractivity contribution in [2.75, 3.05) is 19.7 Å². The van der Waals surface area contributed by atoms with Crippen LogP contribution in [0.1, 0.15) is 18.4 Å².